The van der Waals surface area contributed by atoms with Gasteiger partial charge in [-0.15, -0.1) is 0 Å². The molecular weight excluding hydrogens is 244 g/mol. The highest BCUT2D eigenvalue weighted by molar-refractivity contribution is 8.13. The third kappa shape index (κ3) is 2.79. The number of rotatable bonds is 3. The molecule has 0 amide bonds. The van der Waals surface area contributed by atoms with E-state index in [9.17, 15) is 0 Å². The second-order valence-corrected chi connectivity index (χ2v) is 4.79. The zero-order valence-corrected chi connectivity index (χ0v) is 10.5. The number of hydrogen-bond donors (Lipinski definition) is 2. The van der Waals surface area contributed by atoms with E-state index in [-0.39, 0.29) is 5.17 Å². The second kappa shape index (κ2) is 5.52. The number of benzene rings is 1. The molecule has 2 aromatic rings. The standard InChI is InChI=1S/C13H12N4S/c14-6-5-10-7-9(8-18-13(15)16)11-3-1-2-4-12(11)17-10/h1-4,7H,5,8H2,(H3,15,16). The summed E-state index contributed by atoms with van der Waals surface area (Å²) in [5.41, 5.74) is 8.06. The predicted molar refractivity (Wildman–Crippen MR) is 74.3 cm³/mol. The molecule has 0 fully saturated rings. The van der Waals surface area contributed by atoms with Crippen LogP contribution < -0.4 is 5.73 Å². The first-order chi connectivity index (χ1) is 8.70. The zero-order chi connectivity index (χ0) is 13.0. The molecule has 1 heterocycles. The molecule has 1 aromatic heterocycles. The van der Waals surface area contributed by atoms with Crippen LogP contribution in [0.2, 0.25) is 0 Å². The van der Waals surface area contributed by atoms with Gasteiger partial charge in [0.05, 0.1) is 23.7 Å². The van der Waals surface area contributed by atoms with E-state index in [1.807, 2.05) is 30.3 Å². The Morgan fingerprint density at radius 2 is 2.22 bits per heavy atom. The molecule has 18 heavy (non-hydrogen) atoms. The van der Waals surface area contributed by atoms with Crippen molar-refractivity contribution < 1.29 is 0 Å². The molecule has 0 aliphatic rings. The van der Waals surface area contributed by atoms with Crippen molar-refractivity contribution >= 4 is 27.8 Å². The quantitative estimate of drug-likeness (QED) is 0.652. The monoisotopic (exact) mass is 256 g/mol. The van der Waals surface area contributed by atoms with E-state index < -0.39 is 0 Å². The predicted octanol–water partition coefficient (Wildman–Crippen LogP) is 2.43. The van der Waals surface area contributed by atoms with Crippen LogP contribution in [0, 0.1) is 16.7 Å². The lowest BCUT2D eigenvalue weighted by molar-refractivity contribution is 1.13. The van der Waals surface area contributed by atoms with Crippen molar-refractivity contribution in [1.82, 2.24) is 4.98 Å². The number of nitrogens with two attached hydrogens (primary N) is 1. The van der Waals surface area contributed by atoms with Gasteiger partial charge in [0.1, 0.15) is 0 Å². The van der Waals surface area contributed by atoms with Gasteiger partial charge in [-0.25, -0.2) is 0 Å². The summed E-state index contributed by atoms with van der Waals surface area (Å²) in [4.78, 5) is 4.44. The summed E-state index contributed by atoms with van der Waals surface area (Å²) >= 11 is 1.28. The van der Waals surface area contributed by atoms with Crippen molar-refractivity contribution in [2.24, 2.45) is 5.73 Å². The molecule has 5 heteroatoms. The Kier molecular flexibility index (Phi) is 3.80. The Labute approximate surface area is 109 Å². The van der Waals surface area contributed by atoms with Gasteiger partial charge in [0, 0.05) is 11.1 Å². The minimum absolute atomic E-state index is 0.0951. The van der Waals surface area contributed by atoms with Crippen molar-refractivity contribution in [3.63, 3.8) is 0 Å². The van der Waals surface area contributed by atoms with Gasteiger partial charge in [-0.05, 0) is 17.7 Å². The van der Waals surface area contributed by atoms with Crippen LogP contribution in [-0.2, 0) is 12.2 Å². The van der Waals surface area contributed by atoms with Gasteiger partial charge < -0.3 is 5.73 Å². The number of nitriles is 1. The van der Waals surface area contributed by atoms with E-state index in [4.69, 9.17) is 16.4 Å². The number of pyridine rings is 1. The first-order valence-corrected chi connectivity index (χ1v) is 6.40. The van der Waals surface area contributed by atoms with Crippen molar-refractivity contribution in [3.05, 3.63) is 41.6 Å². The Morgan fingerprint density at radius 3 is 2.94 bits per heavy atom. The SMILES string of the molecule is N#CCc1cc(CSC(=N)N)c2ccccc2n1. The molecule has 0 aliphatic carbocycles. The van der Waals surface area contributed by atoms with Crippen molar-refractivity contribution in [3.8, 4) is 6.07 Å². The third-order valence-corrected chi connectivity index (χ3v) is 3.26. The number of amidine groups is 1. The van der Waals surface area contributed by atoms with Crippen LogP contribution >= 0.6 is 11.8 Å². The fourth-order valence-electron chi connectivity index (χ4n) is 1.76. The van der Waals surface area contributed by atoms with Crippen LogP contribution in [0.25, 0.3) is 10.9 Å². The second-order valence-electron chi connectivity index (χ2n) is 3.78. The van der Waals surface area contributed by atoms with E-state index in [1.165, 1.54) is 11.8 Å². The molecule has 90 valence electrons. The number of fused-ring (bicyclic) bond motifs is 1. The summed E-state index contributed by atoms with van der Waals surface area (Å²) in [6.45, 7) is 0. The van der Waals surface area contributed by atoms with Crippen LogP contribution in [0.4, 0.5) is 0 Å². The van der Waals surface area contributed by atoms with Gasteiger partial charge in [0.25, 0.3) is 0 Å². The van der Waals surface area contributed by atoms with Gasteiger partial charge in [0.2, 0.25) is 0 Å². The van der Waals surface area contributed by atoms with Crippen LogP contribution in [0.15, 0.2) is 30.3 Å². The molecule has 0 saturated heterocycles. The van der Waals surface area contributed by atoms with Crippen LogP contribution in [0.5, 0.6) is 0 Å². The summed E-state index contributed by atoms with van der Waals surface area (Å²) in [5, 5.41) is 17.2. The number of thioether (sulfide) groups is 1. The fourth-order valence-corrected chi connectivity index (χ4v) is 2.30. The molecule has 0 radical (unpaired) electrons. The average molecular weight is 256 g/mol. The molecular formula is C13H12N4S. The topological polar surface area (TPSA) is 86.5 Å². The maximum atomic E-state index is 8.75. The summed E-state index contributed by atoms with van der Waals surface area (Å²) in [7, 11) is 0. The van der Waals surface area contributed by atoms with E-state index >= 15 is 0 Å². The average Bonchev–Trinajstić information content (AvgIpc) is 2.36. The number of hydrogen-bond acceptors (Lipinski definition) is 4. The van der Waals surface area contributed by atoms with E-state index in [0.29, 0.717) is 12.2 Å². The number of nitrogens with zero attached hydrogens (tertiary/aromatic N) is 2. The van der Waals surface area contributed by atoms with Crippen molar-refractivity contribution in [2.45, 2.75) is 12.2 Å². The molecule has 0 atom stereocenters. The smallest absolute Gasteiger partial charge is 0.151 e. The molecule has 0 bridgehead atoms. The van der Waals surface area contributed by atoms with Gasteiger partial charge in [0.15, 0.2) is 5.17 Å². The third-order valence-electron chi connectivity index (χ3n) is 2.50. The summed E-state index contributed by atoms with van der Waals surface area (Å²) < 4.78 is 0. The van der Waals surface area contributed by atoms with Crippen LogP contribution in [0.1, 0.15) is 11.3 Å². The molecule has 0 saturated carbocycles. The minimum Gasteiger partial charge on any atom is -0.379 e. The molecule has 4 nitrogen and oxygen atoms in total. The van der Waals surface area contributed by atoms with Gasteiger partial charge in [-0.2, -0.15) is 5.26 Å². The minimum atomic E-state index is 0.0951. The summed E-state index contributed by atoms with van der Waals surface area (Å²) in [5.74, 6) is 0.622. The summed E-state index contributed by atoms with van der Waals surface area (Å²) in [6.07, 6.45) is 0.294. The van der Waals surface area contributed by atoms with E-state index in [0.717, 1.165) is 22.2 Å². The van der Waals surface area contributed by atoms with E-state index in [2.05, 4.69) is 11.1 Å². The number of nitrogens with one attached hydrogen (secondary N) is 1. The Morgan fingerprint density at radius 1 is 1.44 bits per heavy atom. The Balaban J connectivity index is 2.47. The molecule has 1 aromatic carbocycles. The molecule has 0 unspecified atom stereocenters. The first-order valence-electron chi connectivity index (χ1n) is 5.42. The highest BCUT2D eigenvalue weighted by Gasteiger charge is 2.06. The Bertz CT molecular complexity index is 630. The lowest BCUT2D eigenvalue weighted by Gasteiger charge is -2.07. The van der Waals surface area contributed by atoms with Gasteiger partial charge >= 0.3 is 0 Å². The zero-order valence-electron chi connectivity index (χ0n) is 9.68. The number of para-hydroxylation sites is 1. The first kappa shape index (κ1) is 12.4. The van der Waals surface area contributed by atoms with E-state index in [1.54, 1.807) is 0 Å². The van der Waals surface area contributed by atoms with Crippen LogP contribution in [-0.4, -0.2) is 10.2 Å². The number of aromatic nitrogens is 1. The Hall–Kier alpha value is -2.06. The molecule has 0 aliphatic heterocycles. The fraction of sp³-hybridized carbons (Fsp3) is 0.154. The van der Waals surface area contributed by atoms with Crippen molar-refractivity contribution in [1.29, 1.82) is 10.7 Å². The maximum Gasteiger partial charge on any atom is 0.151 e. The van der Waals surface area contributed by atoms with Gasteiger partial charge in [-0.3, -0.25) is 10.4 Å². The highest BCUT2D eigenvalue weighted by Crippen LogP contribution is 2.22. The van der Waals surface area contributed by atoms with Crippen LogP contribution in [0.3, 0.4) is 0 Å². The van der Waals surface area contributed by atoms with Gasteiger partial charge in [-0.1, -0.05) is 30.0 Å². The molecule has 2 rings (SSSR count). The molecule has 3 N–H and O–H groups in total. The lowest BCUT2D eigenvalue weighted by atomic mass is 10.1. The lowest BCUT2D eigenvalue weighted by Crippen LogP contribution is -2.04. The maximum absolute atomic E-state index is 8.75. The normalized spacial score (nSPS) is 10.2. The highest BCUT2D eigenvalue weighted by atomic mass is 32.2. The largest absolute Gasteiger partial charge is 0.379 e. The molecule has 0 spiro atoms. The summed E-state index contributed by atoms with van der Waals surface area (Å²) in [6, 6.07) is 11.8. The van der Waals surface area contributed by atoms with Crippen molar-refractivity contribution in [2.75, 3.05) is 0 Å².